The van der Waals surface area contributed by atoms with E-state index in [-0.39, 0.29) is 11.3 Å². The van der Waals surface area contributed by atoms with Crippen LogP contribution in [0.3, 0.4) is 0 Å². The molecule has 1 saturated heterocycles. The highest BCUT2D eigenvalue weighted by Crippen LogP contribution is 2.46. The smallest absolute Gasteiger partial charge is 0.220 e. The molecular formula is C14H26N2O2. The first-order valence-corrected chi connectivity index (χ1v) is 7.24. The standard InChI is InChI=1S/C14H26N2O2/c1-4-14(3)11(8-12(14)18-5-2)16-10-6-7-13(17)15-9-10/h10-12,16H,4-9H2,1-3H3,(H,15,17). The van der Waals surface area contributed by atoms with Gasteiger partial charge in [-0.05, 0) is 26.2 Å². The largest absolute Gasteiger partial charge is 0.378 e. The average molecular weight is 254 g/mol. The molecule has 0 bridgehead atoms. The Kier molecular flexibility index (Phi) is 4.28. The lowest BCUT2D eigenvalue weighted by atomic mass is 9.61. The third-order valence-electron chi connectivity index (χ3n) is 4.81. The fourth-order valence-electron chi connectivity index (χ4n) is 3.17. The van der Waals surface area contributed by atoms with Gasteiger partial charge in [-0.25, -0.2) is 0 Å². The third kappa shape index (κ3) is 2.54. The molecule has 2 rings (SSSR count). The minimum Gasteiger partial charge on any atom is -0.378 e. The molecule has 4 unspecified atom stereocenters. The normalized spacial score (nSPS) is 40.2. The molecule has 4 heteroatoms. The number of hydrogen-bond acceptors (Lipinski definition) is 3. The summed E-state index contributed by atoms with van der Waals surface area (Å²) in [5.41, 5.74) is 0.247. The van der Waals surface area contributed by atoms with Crippen molar-refractivity contribution in [3.8, 4) is 0 Å². The summed E-state index contributed by atoms with van der Waals surface area (Å²) in [5.74, 6) is 0.187. The van der Waals surface area contributed by atoms with E-state index in [4.69, 9.17) is 4.74 Å². The minimum absolute atomic E-state index is 0.187. The third-order valence-corrected chi connectivity index (χ3v) is 4.81. The van der Waals surface area contributed by atoms with Crippen molar-refractivity contribution in [1.82, 2.24) is 10.6 Å². The number of rotatable bonds is 5. The number of nitrogens with one attached hydrogen (secondary N) is 2. The van der Waals surface area contributed by atoms with Gasteiger partial charge >= 0.3 is 0 Å². The van der Waals surface area contributed by atoms with E-state index in [9.17, 15) is 4.79 Å². The van der Waals surface area contributed by atoms with E-state index in [0.29, 0.717) is 24.6 Å². The second-order valence-electron chi connectivity index (χ2n) is 5.80. The number of carbonyl (C=O) groups excluding carboxylic acids is 1. The molecule has 0 aromatic rings. The topological polar surface area (TPSA) is 50.4 Å². The summed E-state index contributed by atoms with van der Waals surface area (Å²) in [4.78, 5) is 11.1. The molecule has 1 aliphatic heterocycles. The lowest BCUT2D eigenvalue weighted by Gasteiger charge is -2.55. The lowest BCUT2D eigenvalue weighted by molar-refractivity contribution is -0.131. The highest BCUT2D eigenvalue weighted by atomic mass is 16.5. The molecule has 1 heterocycles. The monoisotopic (exact) mass is 254 g/mol. The Balaban J connectivity index is 1.85. The molecule has 0 aromatic heterocycles. The summed E-state index contributed by atoms with van der Waals surface area (Å²) in [6, 6.07) is 0.959. The Morgan fingerprint density at radius 2 is 2.28 bits per heavy atom. The number of ether oxygens (including phenoxy) is 1. The summed E-state index contributed by atoms with van der Waals surface area (Å²) in [6.45, 7) is 8.19. The van der Waals surface area contributed by atoms with E-state index >= 15 is 0 Å². The zero-order valence-corrected chi connectivity index (χ0v) is 11.8. The predicted molar refractivity (Wildman–Crippen MR) is 71.4 cm³/mol. The van der Waals surface area contributed by atoms with Crippen molar-refractivity contribution in [2.45, 2.75) is 64.6 Å². The van der Waals surface area contributed by atoms with Gasteiger partial charge in [-0.3, -0.25) is 4.79 Å². The molecule has 0 aromatic carbocycles. The summed E-state index contributed by atoms with van der Waals surface area (Å²) in [7, 11) is 0. The van der Waals surface area contributed by atoms with Crippen LogP contribution in [0.25, 0.3) is 0 Å². The van der Waals surface area contributed by atoms with Crippen molar-refractivity contribution >= 4 is 5.91 Å². The fourth-order valence-corrected chi connectivity index (χ4v) is 3.17. The van der Waals surface area contributed by atoms with Crippen LogP contribution in [0.15, 0.2) is 0 Å². The summed E-state index contributed by atoms with van der Waals surface area (Å²) < 4.78 is 5.81. The van der Waals surface area contributed by atoms with Crippen LogP contribution in [0.1, 0.15) is 46.5 Å². The Hall–Kier alpha value is -0.610. The first-order chi connectivity index (χ1) is 8.60. The Bertz CT molecular complexity index is 298. The second kappa shape index (κ2) is 5.57. The van der Waals surface area contributed by atoms with Gasteiger partial charge in [0.1, 0.15) is 0 Å². The van der Waals surface area contributed by atoms with Crippen LogP contribution in [-0.4, -0.2) is 37.2 Å². The molecule has 2 aliphatic rings. The van der Waals surface area contributed by atoms with E-state index in [0.717, 1.165) is 32.4 Å². The van der Waals surface area contributed by atoms with Gasteiger partial charge in [0.05, 0.1) is 6.10 Å². The van der Waals surface area contributed by atoms with Gasteiger partial charge in [-0.1, -0.05) is 13.8 Å². The maximum atomic E-state index is 11.1. The molecule has 1 amide bonds. The minimum atomic E-state index is 0.187. The Morgan fingerprint density at radius 1 is 1.50 bits per heavy atom. The molecule has 2 N–H and O–H groups in total. The van der Waals surface area contributed by atoms with Crippen molar-refractivity contribution in [2.24, 2.45) is 5.41 Å². The van der Waals surface area contributed by atoms with E-state index in [1.165, 1.54) is 0 Å². The van der Waals surface area contributed by atoms with Crippen LogP contribution >= 0.6 is 0 Å². The molecule has 2 fully saturated rings. The van der Waals surface area contributed by atoms with Gasteiger partial charge in [-0.2, -0.15) is 0 Å². The number of amides is 1. The van der Waals surface area contributed by atoms with Crippen LogP contribution in [0, 0.1) is 5.41 Å². The van der Waals surface area contributed by atoms with Crippen molar-refractivity contribution in [3.63, 3.8) is 0 Å². The van der Waals surface area contributed by atoms with E-state index in [2.05, 4.69) is 31.4 Å². The molecule has 0 spiro atoms. The van der Waals surface area contributed by atoms with Crippen molar-refractivity contribution in [2.75, 3.05) is 13.2 Å². The van der Waals surface area contributed by atoms with E-state index in [1.807, 2.05) is 0 Å². The quantitative estimate of drug-likeness (QED) is 0.780. The first-order valence-electron chi connectivity index (χ1n) is 7.24. The number of carbonyl (C=O) groups is 1. The summed E-state index contributed by atoms with van der Waals surface area (Å²) >= 11 is 0. The molecule has 1 aliphatic carbocycles. The molecule has 104 valence electrons. The van der Waals surface area contributed by atoms with Gasteiger partial charge < -0.3 is 15.4 Å². The highest BCUT2D eigenvalue weighted by Gasteiger charge is 2.51. The molecule has 4 nitrogen and oxygen atoms in total. The number of piperidine rings is 1. The van der Waals surface area contributed by atoms with Gasteiger partial charge in [-0.15, -0.1) is 0 Å². The molecule has 18 heavy (non-hydrogen) atoms. The maximum Gasteiger partial charge on any atom is 0.220 e. The van der Waals surface area contributed by atoms with Crippen molar-refractivity contribution in [1.29, 1.82) is 0 Å². The molecule has 0 radical (unpaired) electrons. The fraction of sp³-hybridized carbons (Fsp3) is 0.929. The average Bonchev–Trinajstić information content (AvgIpc) is 2.39. The summed E-state index contributed by atoms with van der Waals surface area (Å²) in [6.07, 6.45) is 4.24. The van der Waals surface area contributed by atoms with Crippen LogP contribution in [0.4, 0.5) is 0 Å². The van der Waals surface area contributed by atoms with E-state index < -0.39 is 0 Å². The molecule has 4 atom stereocenters. The SMILES string of the molecule is CCOC1CC(NC2CCC(=O)NC2)C1(C)CC. The molecular weight excluding hydrogens is 228 g/mol. The molecule has 1 saturated carbocycles. The van der Waals surface area contributed by atoms with Crippen molar-refractivity contribution in [3.05, 3.63) is 0 Å². The predicted octanol–water partition coefficient (Wildman–Crippen LogP) is 1.45. The zero-order chi connectivity index (χ0) is 13.2. The highest BCUT2D eigenvalue weighted by molar-refractivity contribution is 5.76. The van der Waals surface area contributed by atoms with Crippen LogP contribution in [0.5, 0.6) is 0 Å². The van der Waals surface area contributed by atoms with Crippen molar-refractivity contribution < 1.29 is 9.53 Å². The van der Waals surface area contributed by atoms with Crippen LogP contribution in [-0.2, 0) is 9.53 Å². The number of hydrogen-bond donors (Lipinski definition) is 2. The second-order valence-corrected chi connectivity index (χ2v) is 5.80. The van der Waals surface area contributed by atoms with Gasteiger partial charge in [0.15, 0.2) is 0 Å². The van der Waals surface area contributed by atoms with Crippen LogP contribution in [0.2, 0.25) is 0 Å². The summed E-state index contributed by atoms with van der Waals surface area (Å²) in [5, 5.41) is 6.65. The Labute approximate surface area is 110 Å². The van der Waals surface area contributed by atoms with E-state index in [1.54, 1.807) is 0 Å². The van der Waals surface area contributed by atoms with Gasteiger partial charge in [0.25, 0.3) is 0 Å². The Morgan fingerprint density at radius 3 is 2.83 bits per heavy atom. The zero-order valence-electron chi connectivity index (χ0n) is 11.8. The van der Waals surface area contributed by atoms with Gasteiger partial charge in [0, 0.05) is 37.1 Å². The lowest BCUT2D eigenvalue weighted by Crippen LogP contribution is -2.65. The first kappa shape index (κ1) is 13.8. The van der Waals surface area contributed by atoms with Crippen LogP contribution < -0.4 is 10.6 Å². The maximum absolute atomic E-state index is 11.1. The van der Waals surface area contributed by atoms with Gasteiger partial charge in [0.2, 0.25) is 5.91 Å².